The molecule has 1 saturated heterocycles. The number of carbonyl (C=O) groups is 4. The number of cyclic esters (lactones) is 1. The van der Waals surface area contributed by atoms with Crippen molar-refractivity contribution in [3.63, 3.8) is 0 Å². The Morgan fingerprint density at radius 1 is 0.946 bits per heavy atom. The van der Waals surface area contributed by atoms with E-state index in [2.05, 4.69) is 6.92 Å². The summed E-state index contributed by atoms with van der Waals surface area (Å²) in [7, 11) is 0. The molecule has 8 nitrogen and oxygen atoms in total. The number of carbonyl (C=O) groups excluding carboxylic acids is 4. The van der Waals surface area contributed by atoms with Crippen LogP contribution >= 0.6 is 0 Å². The van der Waals surface area contributed by atoms with E-state index in [1.54, 1.807) is 13.8 Å². The Balaban J connectivity index is 1.62. The third-order valence-corrected chi connectivity index (χ3v) is 8.78. The molecule has 0 N–H and O–H groups in total. The fourth-order valence-corrected chi connectivity index (χ4v) is 6.18. The summed E-state index contributed by atoms with van der Waals surface area (Å²) in [5.41, 5.74) is -4.06. The fourth-order valence-electron chi connectivity index (χ4n) is 6.18. The van der Waals surface area contributed by atoms with Gasteiger partial charge in [0.1, 0.15) is 5.60 Å². The van der Waals surface area contributed by atoms with E-state index in [9.17, 15) is 19.2 Å². The molecule has 0 spiro atoms. The van der Waals surface area contributed by atoms with Gasteiger partial charge in [0.15, 0.2) is 0 Å². The summed E-state index contributed by atoms with van der Waals surface area (Å²) in [6.45, 7) is 12.3. The van der Waals surface area contributed by atoms with Crippen molar-refractivity contribution in [2.75, 3.05) is 6.61 Å². The smallest absolute Gasteiger partial charge is 0.350 e. The highest BCUT2D eigenvalue weighted by Crippen LogP contribution is 2.47. The molecule has 1 aliphatic heterocycles. The van der Waals surface area contributed by atoms with E-state index < -0.39 is 46.0 Å². The van der Waals surface area contributed by atoms with Crippen molar-refractivity contribution in [1.82, 2.24) is 0 Å². The first kappa shape index (κ1) is 29.4. The second-order valence-electron chi connectivity index (χ2n) is 13.1. The Morgan fingerprint density at radius 3 is 2.19 bits per heavy atom. The van der Waals surface area contributed by atoms with Crippen molar-refractivity contribution in [2.45, 2.75) is 130 Å². The molecule has 0 aromatic heterocycles. The van der Waals surface area contributed by atoms with Crippen LogP contribution in [0.15, 0.2) is 0 Å². The lowest BCUT2D eigenvalue weighted by Gasteiger charge is -2.46. The summed E-state index contributed by atoms with van der Waals surface area (Å²) in [5, 5.41) is 0. The third-order valence-electron chi connectivity index (χ3n) is 8.78. The standard InChI is InChI=1S/C29H46O8/c1-8-28(6,25(33)37-29(7)15-13-19-11-9-10-12-20(19)17-29)18-26(2,3)23(31)36-27(4,5)24(32)35-21-14-16-34-22(21)30/h19-21H,8-18H2,1-7H3. The van der Waals surface area contributed by atoms with Gasteiger partial charge in [-0.3, -0.25) is 9.59 Å². The Labute approximate surface area is 221 Å². The lowest BCUT2D eigenvalue weighted by Crippen LogP contribution is -2.47. The molecule has 2 aliphatic carbocycles. The minimum absolute atomic E-state index is 0.190. The van der Waals surface area contributed by atoms with Crippen molar-refractivity contribution in [3.8, 4) is 0 Å². The maximum Gasteiger partial charge on any atom is 0.350 e. The third kappa shape index (κ3) is 6.85. The Bertz CT molecular complexity index is 892. The van der Waals surface area contributed by atoms with Crippen LogP contribution in [0.1, 0.15) is 113 Å². The zero-order valence-corrected chi connectivity index (χ0v) is 23.8. The first-order valence-electron chi connectivity index (χ1n) is 14.0. The zero-order chi connectivity index (χ0) is 27.6. The van der Waals surface area contributed by atoms with Crippen LogP contribution in [0.5, 0.6) is 0 Å². The second kappa shape index (κ2) is 10.9. The van der Waals surface area contributed by atoms with Gasteiger partial charge in [0.2, 0.25) is 11.7 Å². The molecule has 0 amide bonds. The topological polar surface area (TPSA) is 105 Å². The summed E-state index contributed by atoms with van der Waals surface area (Å²) < 4.78 is 21.9. The largest absolute Gasteiger partial charge is 0.463 e. The van der Waals surface area contributed by atoms with Crippen LogP contribution in [-0.2, 0) is 38.1 Å². The van der Waals surface area contributed by atoms with Gasteiger partial charge in [-0.1, -0.05) is 32.6 Å². The number of hydrogen-bond donors (Lipinski definition) is 0. The van der Waals surface area contributed by atoms with Crippen LogP contribution in [0.3, 0.4) is 0 Å². The van der Waals surface area contributed by atoms with E-state index in [4.69, 9.17) is 18.9 Å². The van der Waals surface area contributed by atoms with Crippen LogP contribution in [0.4, 0.5) is 0 Å². The second-order valence-corrected chi connectivity index (χ2v) is 13.1. The molecule has 1 heterocycles. The minimum atomic E-state index is -1.60. The van der Waals surface area contributed by atoms with Crippen LogP contribution in [0.25, 0.3) is 0 Å². The van der Waals surface area contributed by atoms with Gasteiger partial charge in [-0.15, -0.1) is 0 Å². The lowest BCUT2D eigenvalue weighted by molar-refractivity contribution is -0.191. The Morgan fingerprint density at radius 2 is 1.59 bits per heavy atom. The van der Waals surface area contributed by atoms with Crippen molar-refractivity contribution >= 4 is 23.9 Å². The Hall–Kier alpha value is -2.12. The number of fused-ring (bicyclic) bond motifs is 1. The normalized spacial score (nSPS) is 29.9. The van der Waals surface area contributed by atoms with Gasteiger partial charge in [-0.2, -0.15) is 0 Å². The zero-order valence-electron chi connectivity index (χ0n) is 23.8. The predicted molar refractivity (Wildman–Crippen MR) is 136 cm³/mol. The van der Waals surface area contributed by atoms with Crippen molar-refractivity contribution < 1.29 is 38.1 Å². The molecular formula is C29H46O8. The van der Waals surface area contributed by atoms with Gasteiger partial charge in [-0.05, 0) is 85.5 Å². The summed E-state index contributed by atoms with van der Waals surface area (Å²) in [5.74, 6) is -0.951. The van der Waals surface area contributed by atoms with Crippen molar-refractivity contribution in [1.29, 1.82) is 0 Å². The van der Waals surface area contributed by atoms with Crippen LogP contribution < -0.4 is 0 Å². The van der Waals surface area contributed by atoms with Crippen molar-refractivity contribution in [2.24, 2.45) is 22.7 Å². The number of ether oxygens (including phenoxy) is 4. The maximum atomic E-state index is 13.6. The highest BCUT2D eigenvalue weighted by Gasteiger charge is 2.49. The van der Waals surface area contributed by atoms with Crippen LogP contribution in [-0.4, -0.2) is 47.8 Å². The van der Waals surface area contributed by atoms with Crippen molar-refractivity contribution in [3.05, 3.63) is 0 Å². The first-order chi connectivity index (χ1) is 17.1. The minimum Gasteiger partial charge on any atom is -0.463 e. The average molecular weight is 523 g/mol. The number of hydrogen-bond acceptors (Lipinski definition) is 8. The monoisotopic (exact) mass is 522 g/mol. The van der Waals surface area contributed by atoms with Crippen LogP contribution in [0.2, 0.25) is 0 Å². The highest BCUT2D eigenvalue weighted by molar-refractivity contribution is 5.87. The molecule has 0 aromatic rings. The molecule has 0 aromatic carbocycles. The molecule has 3 rings (SSSR count). The van der Waals surface area contributed by atoms with Gasteiger partial charge in [0, 0.05) is 6.42 Å². The summed E-state index contributed by atoms with van der Waals surface area (Å²) >= 11 is 0. The SMILES string of the molecule is CCC(C)(CC(C)(C)C(=O)OC(C)(C)C(=O)OC1CCOC1=O)C(=O)OC1(C)CCC2CCCCC2C1. The van der Waals surface area contributed by atoms with E-state index >= 15 is 0 Å². The average Bonchev–Trinajstić information content (AvgIpc) is 3.22. The molecule has 37 heavy (non-hydrogen) atoms. The molecule has 2 saturated carbocycles. The van der Waals surface area contributed by atoms with E-state index in [1.807, 2.05) is 13.8 Å². The van der Waals surface area contributed by atoms with Gasteiger partial charge < -0.3 is 18.9 Å². The predicted octanol–water partition coefficient (Wildman–Crippen LogP) is 5.29. The van der Waals surface area contributed by atoms with E-state index in [0.29, 0.717) is 12.3 Å². The Kier molecular flexibility index (Phi) is 8.70. The lowest BCUT2D eigenvalue weighted by atomic mass is 9.66. The molecular weight excluding hydrogens is 476 g/mol. The molecule has 3 aliphatic rings. The molecule has 0 bridgehead atoms. The van der Waals surface area contributed by atoms with E-state index in [1.165, 1.54) is 39.5 Å². The fraction of sp³-hybridized carbons (Fsp3) is 0.862. The van der Waals surface area contributed by atoms with Gasteiger partial charge in [0.25, 0.3) is 0 Å². The van der Waals surface area contributed by atoms with E-state index in [-0.39, 0.29) is 25.4 Å². The molecule has 210 valence electrons. The molecule has 5 unspecified atom stereocenters. The number of esters is 4. The maximum absolute atomic E-state index is 13.6. The summed E-state index contributed by atoms with van der Waals surface area (Å²) in [6, 6.07) is 0. The quantitative estimate of drug-likeness (QED) is 0.297. The molecule has 0 radical (unpaired) electrons. The number of rotatable bonds is 9. The van der Waals surface area contributed by atoms with Gasteiger partial charge in [-0.25, -0.2) is 9.59 Å². The highest BCUT2D eigenvalue weighted by atomic mass is 16.6. The summed E-state index contributed by atoms with van der Waals surface area (Å²) in [4.78, 5) is 51.1. The first-order valence-corrected chi connectivity index (χ1v) is 14.0. The molecule has 8 heteroatoms. The molecule has 5 atom stereocenters. The van der Waals surface area contributed by atoms with Gasteiger partial charge in [0.05, 0.1) is 17.4 Å². The van der Waals surface area contributed by atoms with Crippen LogP contribution in [0, 0.1) is 22.7 Å². The van der Waals surface area contributed by atoms with E-state index in [0.717, 1.165) is 25.2 Å². The molecule has 3 fully saturated rings. The summed E-state index contributed by atoms with van der Waals surface area (Å²) in [6.07, 6.45) is 7.92. The van der Waals surface area contributed by atoms with Gasteiger partial charge >= 0.3 is 23.9 Å².